The second kappa shape index (κ2) is 6.38. The molecule has 3 heterocycles. The van der Waals surface area contributed by atoms with Crippen molar-refractivity contribution in [3.63, 3.8) is 0 Å². The Labute approximate surface area is 150 Å². The predicted octanol–water partition coefficient (Wildman–Crippen LogP) is 3.67. The first-order valence-electron chi connectivity index (χ1n) is 7.95. The largest absolute Gasteiger partial charge is 0.483 e. The van der Waals surface area contributed by atoms with Gasteiger partial charge in [0.2, 0.25) is 5.78 Å². The number of nitrogens with one attached hydrogen (secondary N) is 1. The predicted molar refractivity (Wildman–Crippen MR) is 88.9 cm³/mol. The van der Waals surface area contributed by atoms with Crippen LogP contribution in [-0.2, 0) is 6.18 Å². The minimum Gasteiger partial charge on any atom is -0.483 e. The van der Waals surface area contributed by atoms with Gasteiger partial charge < -0.3 is 4.74 Å². The van der Waals surface area contributed by atoms with Gasteiger partial charge in [0.1, 0.15) is 17.8 Å². The quantitative estimate of drug-likeness (QED) is 0.589. The molecule has 3 aromatic heterocycles. The molecule has 0 bridgehead atoms. The molecule has 0 spiro atoms. The number of fused-ring (bicyclic) bond motifs is 1. The van der Waals surface area contributed by atoms with Crippen LogP contribution >= 0.6 is 0 Å². The van der Waals surface area contributed by atoms with Crippen molar-refractivity contribution in [3.05, 3.63) is 60.6 Å². The summed E-state index contributed by atoms with van der Waals surface area (Å²) in [5, 5.41) is 6.53. The van der Waals surface area contributed by atoms with Crippen molar-refractivity contribution in [3.8, 4) is 17.0 Å². The molecule has 4 aromatic rings. The number of ether oxygens (including phenoxy) is 1. The van der Waals surface area contributed by atoms with Gasteiger partial charge >= 0.3 is 6.18 Å². The number of alkyl halides is 3. The fraction of sp³-hybridized carbons (Fsp3) is 0.176. The molecule has 4 rings (SSSR count). The summed E-state index contributed by atoms with van der Waals surface area (Å²) >= 11 is 0. The van der Waals surface area contributed by atoms with Crippen molar-refractivity contribution in [2.75, 3.05) is 0 Å². The summed E-state index contributed by atoms with van der Waals surface area (Å²) < 4.78 is 45.8. The summed E-state index contributed by atoms with van der Waals surface area (Å²) in [6.07, 6.45) is -0.689. The molecule has 27 heavy (non-hydrogen) atoms. The monoisotopic (exact) mass is 374 g/mol. The summed E-state index contributed by atoms with van der Waals surface area (Å²) in [6.45, 7) is 1.82. The van der Waals surface area contributed by atoms with Gasteiger partial charge in [-0.2, -0.15) is 18.3 Å². The molecule has 1 N–H and O–H groups in total. The maximum Gasteiger partial charge on any atom is 0.433 e. The van der Waals surface area contributed by atoms with Crippen molar-refractivity contribution in [2.24, 2.45) is 0 Å². The molecular weight excluding hydrogens is 361 g/mol. The maximum atomic E-state index is 12.8. The second-order valence-electron chi connectivity index (χ2n) is 5.78. The van der Waals surface area contributed by atoms with Crippen LogP contribution in [-0.4, -0.2) is 29.5 Å². The summed E-state index contributed by atoms with van der Waals surface area (Å²) in [5.41, 5.74) is 0.348. The Morgan fingerprint density at radius 2 is 2.04 bits per heavy atom. The van der Waals surface area contributed by atoms with E-state index < -0.39 is 11.9 Å². The highest BCUT2D eigenvalue weighted by Gasteiger charge is 2.33. The van der Waals surface area contributed by atoms with Crippen LogP contribution in [0.15, 0.2) is 49.1 Å². The van der Waals surface area contributed by atoms with E-state index in [2.05, 4.69) is 25.1 Å². The Morgan fingerprint density at radius 1 is 1.19 bits per heavy atom. The Morgan fingerprint density at radius 3 is 2.78 bits per heavy atom. The van der Waals surface area contributed by atoms with Gasteiger partial charge in [-0.1, -0.05) is 12.1 Å². The maximum absolute atomic E-state index is 12.8. The number of benzene rings is 1. The normalized spacial score (nSPS) is 13.0. The lowest BCUT2D eigenvalue weighted by atomic mass is 10.1. The van der Waals surface area contributed by atoms with E-state index in [1.165, 1.54) is 23.1 Å². The lowest BCUT2D eigenvalue weighted by Gasteiger charge is -2.13. The summed E-state index contributed by atoms with van der Waals surface area (Å²) in [6, 6.07) is 8.07. The van der Waals surface area contributed by atoms with E-state index in [1.54, 1.807) is 18.2 Å². The van der Waals surface area contributed by atoms with E-state index in [9.17, 15) is 13.2 Å². The first-order chi connectivity index (χ1) is 12.9. The van der Waals surface area contributed by atoms with E-state index in [-0.39, 0.29) is 11.9 Å². The van der Waals surface area contributed by atoms with Gasteiger partial charge in [0.25, 0.3) is 0 Å². The van der Waals surface area contributed by atoms with Crippen LogP contribution in [0.5, 0.6) is 5.75 Å². The fourth-order valence-corrected chi connectivity index (χ4v) is 2.64. The van der Waals surface area contributed by atoms with Gasteiger partial charge in [-0.3, -0.25) is 9.50 Å². The van der Waals surface area contributed by atoms with E-state index >= 15 is 0 Å². The van der Waals surface area contributed by atoms with Crippen LogP contribution in [0.3, 0.4) is 0 Å². The summed E-state index contributed by atoms with van der Waals surface area (Å²) in [4.78, 5) is 11.6. The standard InChI is InChI=1S/C17H13F3N6O/c1-10(15-22-9-23-25-15)27-12-4-2-3-11(7-12)13-8-21-16-24-14(17(18,19)20)5-6-26(13)16/h2-10H,1H3,(H,22,23,25). The topological polar surface area (TPSA) is 81.0 Å². The van der Waals surface area contributed by atoms with Crippen LogP contribution < -0.4 is 4.74 Å². The molecule has 1 unspecified atom stereocenters. The molecular formula is C17H13F3N6O. The highest BCUT2D eigenvalue weighted by molar-refractivity contribution is 5.64. The van der Waals surface area contributed by atoms with E-state index in [0.717, 1.165) is 11.6 Å². The van der Waals surface area contributed by atoms with Crippen molar-refractivity contribution >= 4 is 5.78 Å². The van der Waals surface area contributed by atoms with E-state index in [1.807, 2.05) is 13.0 Å². The number of H-pyrrole nitrogens is 1. The van der Waals surface area contributed by atoms with Crippen LogP contribution in [0.25, 0.3) is 17.0 Å². The highest BCUT2D eigenvalue weighted by atomic mass is 19.4. The van der Waals surface area contributed by atoms with E-state index in [4.69, 9.17) is 4.74 Å². The molecule has 0 aliphatic rings. The smallest absolute Gasteiger partial charge is 0.433 e. The average Bonchev–Trinajstić information content (AvgIpc) is 3.30. The van der Waals surface area contributed by atoms with Crippen molar-refractivity contribution in [2.45, 2.75) is 19.2 Å². The Hall–Kier alpha value is -3.43. The van der Waals surface area contributed by atoms with Crippen molar-refractivity contribution in [1.82, 2.24) is 29.5 Å². The van der Waals surface area contributed by atoms with Gasteiger partial charge in [0.15, 0.2) is 11.9 Å². The number of nitrogens with zero attached hydrogens (tertiary/aromatic N) is 5. The van der Waals surface area contributed by atoms with Gasteiger partial charge in [-0.15, -0.1) is 0 Å². The molecule has 0 radical (unpaired) electrons. The Balaban J connectivity index is 1.66. The van der Waals surface area contributed by atoms with Crippen molar-refractivity contribution in [1.29, 1.82) is 0 Å². The number of rotatable bonds is 4. The highest BCUT2D eigenvalue weighted by Crippen LogP contribution is 2.30. The van der Waals surface area contributed by atoms with Crippen LogP contribution in [0, 0.1) is 0 Å². The van der Waals surface area contributed by atoms with Gasteiger partial charge in [0, 0.05) is 11.8 Å². The first-order valence-corrected chi connectivity index (χ1v) is 7.95. The number of hydrogen-bond donors (Lipinski definition) is 1. The third-order valence-electron chi connectivity index (χ3n) is 3.93. The number of aromatic amines is 1. The first kappa shape index (κ1) is 17.0. The molecule has 10 heteroatoms. The fourth-order valence-electron chi connectivity index (χ4n) is 2.64. The number of halogens is 3. The minimum absolute atomic E-state index is 0.0267. The van der Waals surface area contributed by atoms with Gasteiger partial charge in [0.05, 0.1) is 11.9 Å². The van der Waals surface area contributed by atoms with Crippen LogP contribution in [0.1, 0.15) is 24.5 Å². The van der Waals surface area contributed by atoms with Gasteiger partial charge in [-0.25, -0.2) is 15.0 Å². The lowest BCUT2D eigenvalue weighted by molar-refractivity contribution is -0.141. The molecule has 0 saturated carbocycles. The number of imidazole rings is 1. The molecule has 0 aliphatic carbocycles. The van der Waals surface area contributed by atoms with Crippen LogP contribution in [0.2, 0.25) is 0 Å². The zero-order valence-corrected chi connectivity index (χ0v) is 14.0. The SMILES string of the molecule is CC(Oc1cccc(-c2cnc3nc(C(F)(F)F)ccn23)c1)c1ncn[nH]1. The van der Waals surface area contributed by atoms with Crippen LogP contribution in [0.4, 0.5) is 13.2 Å². The second-order valence-corrected chi connectivity index (χ2v) is 5.78. The minimum atomic E-state index is -4.52. The Bertz CT molecular complexity index is 1070. The summed E-state index contributed by atoms with van der Waals surface area (Å²) in [7, 11) is 0. The molecule has 0 saturated heterocycles. The summed E-state index contributed by atoms with van der Waals surface area (Å²) in [5.74, 6) is 1.13. The molecule has 0 fully saturated rings. The van der Waals surface area contributed by atoms with Gasteiger partial charge in [-0.05, 0) is 25.1 Å². The molecule has 1 aromatic carbocycles. The lowest BCUT2D eigenvalue weighted by Crippen LogP contribution is -2.09. The van der Waals surface area contributed by atoms with E-state index in [0.29, 0.717) is 17.3 Å². The van der Waals surface area contributed by atoms with Crippen molar-refractivity contribution < 1.29 is 17.9 Å². The molecule has 138 valence electrons. The molecule has 7 nitrogen and oxygen atoms in total. The zero-order chi connectivity index (χ0) is 19.0. The molecule has 0 aliphatic heterocycles. The number of hydrogen-bond acceptors (Lipinski definition) is 5. The zero-order valence-electron chi connectivity index (χ0n) is 14.0. The molecule has 0 amide bonds. The average molecular weight is 374 g/mol. The molecule has 1 atom stereocenters. The third kappa shape index (κ3) is 3.33. The third-order valence-corrected chi connectivity index (χ3v) is 3.93. The Kier molecular flexibility index (Phi) is 4.02. The number of aromatic nitrogens is 6.